The zero-order chi connectivity index (χ0) is 21.3. The summed E-state index contributed by atoms with van der Waals surface area (Å²) in [5.41, 5.74) is 0.664. The molecule has 1 aromatic carbocycles. The van der Waals surface area contributed by atoms with Crippen LogP contribution < -0.4 is 15.0 Å². The van der Waals surface area contributed by atoms with Crippen molar-refractivity contribution in [2.24, 2.45) is 0 Å². The largest absolute Gasteiger partial charge is 0.474 e. The number of carbonyl (C=O) groups is 2. The number of ether oxygens (including phenoxy) is 1. The van der Waals surface area contributed by atoms with Crippen molar-refractivity contribution in [3.8, 4) is 5.88 Å². The summed E-state index contributed by atoms with van der Waals surface area (Å²) in [6.07, 6.45) is -6.47. The monoisotopic (exact) mass is 413 g/mol. The van der Waals surface area contributed by atoms with Crippen molar-refractivity contribution in [3.63, 3.8) is 0 Å². The summed E-state index contributed by atoms with van der Waals surface area (Å²) in [6, 6.07) is 5.90. The predicted octanol–water partition coefficient (Wildman–Crippen LogP) is 3.58. The van der Waals surface area contributed by atoms with Crippen LogP contribution in [-0.2, 0) is 11.2 Å². The molecule has 1 atom stereocenters. The van der Waals surface area contributed by atoms with Gasteiger partial charge < -0.3 is 15.2 Å². The summed E-state index contributed by atoms with van der Waals surface area (Å²) >= 11 is 0. The highest BCUT2D eigenvalue weighted by molar-refractivity contribution is 5.96. The molecule has 0 saturated carbocycles. The highest BCUT2D eigenvalue weighted by atomic mass is 19.4. The molecule has 0 radical (unpaired) electrons. The Morgan fingerprint density at radius 1 is 1.31 bits per heavy atom. The molecule has 11 heteroatoms. The van der Waals surface area contributed by atoms with Crippen molar-refractivity contribution in [3.05, 3.63) is 47.3 Å². The Bertz CT molecular complexity index is 947. The number of aromatic nitrogens is 1. The van der Waals surface area contributed by atoms with Crippen LogP contribution in [0.4, 0.5) is 33.9 Å². The van der Waals surface area contributed by atoms with Gasteiger partial charge in [-0.3, -0.25) is 9.69 Å². The van der Waals surface area contributed by atoms with Crippen molar-refractivity contribution < 1.29 is 37.0 Å². The van der Waals surface area contributed by atoms with Crippen molar-refractivity contribution in [2.45, 2.75) is 25.6 Å². The lowest BCUT2D eigenvalue weighted by Gasteiger charge is -2.33. The van der Waals surface area contributed by atoms with Gasteiger partial charge in [0.05, 0.1) is 6.04 Å². The molecule has 1 unspecified atom stereocenters. The van der Waals surface area contributed by atoms with Crippen molar-refractivity contribution in [1.82, 2.24) is 4.98 Å². The first-order valence-electron chi connectivity index (χ1n) is 8.37. The number of amides is 2. The standard InChI is InChI=1S/C18H15F4N3O4/c1-9-8-29-15-13(25(9)17(27)28)7-11(6-10-2-4-12(19)5-3-10)14(23-15)24-16(26)18(20,21)22/h2-5,7,9H,6,8H2,1H3,(H,27,28)(H,23,24,26). The Morgan fingerprint density at radius 2 is 1.97 bits per heavy atom. The molecule has 154 valence electrons. The summed E-state index contributed by atoms with van der Waals surface area (Å²) in [5, 5.41) is 11.2. The normalized spacial score (nSPS) is 16.0. The second kappa shape index (κ2) is 7.57. The topological polar surface area (TPSA) is 91.8 Å². The number of halogens is 4. The van der Waals surface area contributed by atoms with E-state index in [-0.39, 0.29) is 30.2 Å². The number of nitrogens with one attached hydrogen (secondary N) is 1. The van der Waals surface area contributed by atoms with E-state index in [1.165, 1.54) is 30.3 Å². The number of nitrogens with zero attached hydrogens (tertiary/aromatic N) is 2. The fourth-order valence-electron chi connectivity index (χ4n) is 2.85. The molecule has 0 spiro atoms. The molecule has 2 heterocycles. The number of anilines is 2. The van der Waals surface area contributed by atoms with Crippen LogP contribution in [0.5, 0.6) is 5.88 Å². The van der Waals surface area contributed by atoms with Gasteiger partial charge in [-0.2, -0.15) is 18.2 Å². The first kappa shape index (κ1) is 20.4. The van der Waals surface area contributed by atoms with E-state index in [0.29, 0.717) is 5.56 Å². The average Bonchev–Trinajstić information content (AvgIpc) is 2.63. The fourth-order valence-corrected chi connectivity index (χ4v) is 2.85. The summed E-state index contributed by atoms with van der Waals surface area (Å²) in [7, 11) is 0. The zero-order valence-electron chi connectivity index (χ0n) is 15.0. The van der Waals surface area contributed by atoms with E-state index in [2.05, 4.69) is 4.98 Å². The van der Waals surface area contributed by atoms with Gasteiger partial charge >= 0.3 is 18.2 Å². The Balaban J connectivity index is 2.07. The Morgan fingerprint density at radius 3 is 2.55 bits per heavy atom. The first-order chi connectivity index (χ1) is 13.6. The Kier molecular flexibility index (Phi) is 5.31. The SMILES string of the molecule is CC1COc2nc(NC(=O)C(F)(F)F)c(Cc3ccc(F)cc3)cc2N1C(=O)O. The molecule has 0 bridgehead atoms. The first-order valence-corrected chi connectivity index (χ1v) is 8.37. The summed E-state index contributed by atoms with van der Waals surface area (Å²) < 4.78 is 56.6. The van der Waals surface area contributed by atoms with E-state index in [1.54, 1.807) is 12.2 Å². The minimum Gasteiger partial charge on any atom is -0.474 e. The molecule has 0 aliphatic carbocycles. The van der Waals surface area contributed by atoms with E-state index in [9.17, 15) is 32.3 Å². The van der Waals surface area contributed by atoms with E-state index in [0.717, 1.165) is 4.90 Å². The molecule has 1 aromatic heterocycles. The number of hydrogen-bond donors (Lipinski definition) is 2. The number of benzene rings is 1. The molecule has 2 amide bonds. The van der Waals surface area contributed by atoms with E-state index in [1.807, 2.05) is 0 Å². The number of fused-ring (bicyclic) bond motifs is 1. The van der Waals surface area contributed by atoms with Crippen LogP contribution >= 0.6 is 0 Å². The third kappa shape index (κ3) is 4.39. The molecule has 3 rings (SSSR count). The van der Waals surface area contributed by atoms with Gasteiger partial charge in [-0.15, -0.1) is 0 Å². The smallest absolute Gasteiger partial charge is 0.471 e. The summed E-state index contributed by atoms with van der Waals surface area (Å²) in [5.74, 6) is -3.37. The van der Waals surface area contributed by atoms with Gasteiger partial charge in [0, 0.05) is 12.0 Å². The predicted molar refractivity (Wildman–Crippen MR) is 93.6 cm³/mol. The number of rotatable bonds is 3. The van der Waals surface area contributed by atoms with E-state index in [4.69, 9.17) is 4.74 Å². The van der Waals surface area contributed by atoms with Crippen molar-refractivity contribution in [1.29, 1.82) is 0 Å². The quantitative estimate of drug-likeness (QED) is 0.751. The van der Waals surface area contributed by atoms with E-state index >= 15 is 0 Å². The highest BCUT2D eigenvalue weighted by Gasteiger charge is 2.40. The number of carbonyl (C=O) groups excluding carboxylic acids is 1. The second-order valence-corrected chi connectivity index (χ2v) is 6.39. The van der Waals surface area contributed by atoms with Crippen LogP contribution in [0.2, 0.25) is 0 Å². The van der Waals surface area contributed by atoms with Gasteiger partial charge in [-0.25, -0.2) is 9.18 Å². The van der Waals surface area contributed by atoms with Gasteiger partial charge in [-0.1, -0.05) is 12.1 Å². The number of alkyl halides is 3. The van der Waals surface area contributed by atoms with Crippen LogP contribution in [0.15, 0.2) is 30.3 Å². The molecule has 1 aliphatic heterocycles. The summed E-state index contributed by atoms with van der Waals surface area (Å²) in [4.78, 5) is 27.9. The van der Waals surface area contributed by atoms with Gasteiger partial charge in [0.25, 0.3) is 0 Å². The Hall–Kier alpha value is -3.37. The molecular weight excluding hydrogens is 398 g/mol. The highest BCUT2D eigenvalue weighted by Crippen LogP contribution is 2.37. The average molecular weight is 413 g/mol. The third-order valence-corrected chi connectivity index (χ3v) is 4.21. The molecule has 0 saturated heterocycles. The van der Waals surface area contributed by atoms with Gasteiger partial charge in [-0.05, 0) is 30.7 Å². The molecule has 2 aromatic rings. The maximum Gasteiger partial charge on any atom is 0.471 e. The minimum absolute atomic E-state index is 0.0319. The van der Waals surface area contributed by atoms with Crippen LogP contribution in [0.3, 0.4) is 0 Å². The molecule has 7 nitrogen and oxygen atoms in total. The van der Waals surface area contributed by atoms with E-state index < -0.39 is 35.9 Å². The number of pyridine rings is 1. The van der Waals surface area contributed by atoms with Gasteiger partial charge in [0.15, 0.2) is 0 Å². The fraction of sp³-hybridized carbons (Fsp3) is 0.278. The molecular formula is C18H15F4N3O4. The van der Waals surface area contributed by atoms with Gasteiger partial charge in [0.2, 0.25) is 5.88 Å². The van der Waals surface area contributed by atoms with Crippen LogP contribution in [0.25, 0.3) is 0 Å². The second-order valence-electron chi connectivity index (χ2n) is 6.39. The lowest BCUT2D eigenvalue weighted by Crippen LogP contribution is -2.44. The third-order valence-electron chi connectivity index (χ3n) is 4.21. The zero-order valence-corrected chi connectivity index (χ0v) is 15.0. The molecule has 0 fully saturated rings. The van der Waals surface area contributed by atoms with Crippen molar-refractivity contribution in [2.75, 3.05) is 16.8 Å². The lowest BCUT2D eigenvalue weighted by molar-refractivity contribution is -0.167. The van der Waals surface area contributed by atoms with Gasteiger partial charge in [0.1, 0.15) is 23.9 Å². The maximum absolute atomic E-state index is 13.1. The van der Waals surface area contributed by atoms with Crippen LogP contribution in [0, 0.1) is 5.82 Å². The summed E-state index contributed by atoms with van der Waals surface area (Å²) in [6.45, 7) is 1.53. The lowest BCUT2D eigenvalue weighted by atomic mass is 10.0. The molecule has 1 aliphatic rings. The molecule has 29 heavy (non-hydrogen) atoms. The maximum atomic E-state index is 13.1. The molecule has 2 N–H and O–H groups in total. The van der Waals surface area contributed by atoms with Crippen LogP contribution in [0.1, 0.15) is 18.1 Å². The minimum atomic E-state index is -5.15. The number of hydrogen-bond acceptors (Lipinski definition) is 4. The number of carboxylic acid groups (broad SMARTS) is 1. The Labute approximate surface area is 161 Å². The van der Waals surface area contributed by atoms with Crippen LogP contribution in [-0.4, -0.2) is 40.9 Å². The van der Waals surface area contributed by atoms with Crippen molar-refractivity contribution >= 4 is 23.5 Å².